The lowest BCUT2D eigenvalue weighted by Crippen LogP contribution is -1.86. The molecule has 0 spiro atoms. The van der Waals surface area contributed by atoms with Crippen LogP contribution >= 0.6 is 15.9 Å². The van der Waals surface area contributed by atoms with Crippen LogP contribution in [0.25, 0.3) is 11.4 Å². The monoisotopic (exact) mass is 254 g/mol. The van der Waals surface area contributed by atoms with Gasteiger partial charge >= 0.3 is 0 Å². The average molecular weight is 255 g/mol. The van der Waals surface area contributed by atoms with Gasteiger partial charge in [0.25, 0.3) is 0 Å². The topological polar surface area (TPSA) is 28.7 Å². The molecule has 0 aliphatic rings. The number of H-pyrrole nitrogens is 1. The summed E-state index contributed by atoms with van der Waals surface area (Å²) in [7, 11) is 0. The van der Waals surface area contributed by atoms with Crippen molar-refractivity contribution in [3.63, 3.8) is 0 Å². The zero-order valence-corrected chi connectivity index (χ0v) is 9.10. The SMILES string of the molecule is Cc1cnc(-c2cc(Br)ccc2F)[nH]1. The highest BCUT2D eigenvalue weighted by Crippen LogP contribution is 2.23. The normalized spacial score (nSPS) is 10.5. The summed E-state index contributed by atoms with van der Waals surface area (Å²) in [6.45, 7) is 1.88. The molecule has 0 aliphatic carbocycles. The van der Waals surface area contributed by atoms with Gasteiger partial charge in [-0.25, -0.2) is 9.37 Å². The van der Waals surface area contributed by atoms with Gasteiger partial charge < -0.3 is 4.98 Å². The van der Waals surface area contributed by atoms with Gasteiger partial charge in [-0.3, -0.25) is 0 Å². The number of nitrogens with zero attached hydrogens (tertiary/aromatic N) is 1. The molecule has 2 nitrogen and oxygen atoms in total. The quantitative estimate of drug-likeness (QED) is 0.832. The molecule has 72 valence electrons. The minimum absolute atomic E-state index is 0.275. The maximum absolute atomic E-state index is 13.4. The Hall–Kier alpha value is -1.16. The second kappa shape index (κ2) is 3.53. The third-order valence-corrected chi connectivity index (χ3v) is 2.38. The number of halogens is 2. The average Bonchev–Trinajstić information content (AvgIpc) is 2.56. The fourth-order valence-corrected chi connectivity index (χ4v) is 1.59. The first-order valence-corrected chi connectivity index (χ1v) is 4.93. The molecule has 0 bridgehead atoms. The summed E-state index contributed by atoms with van der Waals surface area (Å²) in [4.78, 5) is 7.06. The molecule has 0 atom stereocenters. The Morgan fingerprint density at radius 2 is 2.21 bits per heavy atom. The van der Waals surface area contributed by atoms with Crippen LogP contribution in [-0.2, 0) is 0 Å². The van der Waals surface area contributed by atoms with E-state index in [1.165, 1.54) is 6.07 Å². The van der Waals surface area contributed by atoms with Gasteiger partial charge in [0.1, 0.15) is 11.6 Å². The summed E-state index contributed by atoms with van der Waals surface area (Å²) in [5.74, 6) is 0.281. The van der Waals surface area contributed by atoms with Crippen LogP contribution in [0, 0.1) is 12.7 Å². The van der Waals surface area contributed by atoms with Crippen LogP contribution in [0.1, 0.15) is 5.69 Å². The van der Waals surface area contributed by atoms with Crippen molar-refractivity contribution in [3.8, 4) is 11.4 Å². The van der Waals surface area contributed by atoms with Crippen molar-refractivity contribution in [2.45, 2.75) is 6.92 Å². The van der Waals surface area contributed by atoms with Crippen molar-refractivity contribution in [2.75, 3.05) is 0 Å². The van der Waals surface area contributed by atoms with Crippen LogP contribution in [0.4, 0.5) is 4.39 Å². The second-order valence-electron chi connectivity index (χ2n) is 3.04. The van der Waals surface area contributed by atoms with Crippen LogP contribution in [0.5, 0.6) is 0 Å². The number of imidazole rings is 1. The minimum atomic E-state index is -0.275. The van der Waals surface area contributed by atoms with Crippen LogP contribution in [0.3, 0.4) is 0 Å². The van der Waals surface area contributed by atoms with E-state index in [0.29, 0.717) is 11.4 Å². The Labute approximate surface area is 89.3 Å². The number of hydrogen-bond acceptors (Lipinski definition) is 1. The van der Waals surface area contributed by atoms with E-state index in [0.717, 1.165) is 10.2 Å². The van der Waals surface area contributed by atoms with Gasteiger partial charge in [0, 0.05) is 16.4 Å². The molecule has 4 heteroatoms. The van der Waals surface area contributed by atoms with Gasteiger partial charge in [0.2, 0.25) is 0 Å². The lowest BCUT2D eigenvalue weighted by molar-refractivity contribution is 0.630. The second-order valence-corrected chi connectivity index (χ2v) is 3.95. The van der Waals surface area contributed by atoms with E-state index in [1.807, 2.05) is 6.92 Å². The van der Waals surface area contributed by atoms with Crippen molar-refractivity contribution >= 4 is 15.9 Å². The lowest BCUT2D eigenvalue weighted by atomic mass is 10.2. The number of aromatic amines is 1. The van der Waals surface area contributed by atoms with E-state index in [9.17, 15) is 4.39 Å². The largest absolute Gasteiger partial charge is 0.342 e. The Bertz CT molecular complexity index is 465. The maximum atomic E-state index is 13.4. The van der Waals surface area contributed by atoms with E-state index >= 15 is 0 Å². The van der Waals surface area contributed by atoms with E-state index < -0.39 is 0 Å². The standard InChI is InChI=1S/C10H8BrFN2/c1-6-5-13-10(14-6)8-4-7(11)2-3-9(8)12/h2-5H,1H3,(H,13,14). The summed E-state index contributed by atoms with van der Waals surface area (Å²) >= 11 is 3.29. The van der Waals surface area contributed by atoms with Crippen molar-refractivity contribution in [1.29, 1.82) is 0 Å². The number of rotatable bonds is 1. The number of aryl methyl sites for hydroxylation is 1. The van der Waals surface area contributed by atoms with Crippen LogP contribution in [-0.4, -0.2) is 9.97 Å². The number of nitrogens with one attached hydrogen (secondary N) is 1. The van der Waals surface area contributed by atoms with Crippen molar-refractivity contribution in [3.05, 3.63) is 40.4 Å². The predicted octanol–water partition coefficient (Wildman–Crippen LogP) is 3.29. The first kappa shape index (κ1) is 9.40. The minimum Gasteiger partial charge on any atom is -0.342 e. The molecule has 0 saturated heterocycles. The van der Waals surface area contributed by atoms with Crippen LogP contribution < -0.4 is 0 Å². The fourth-order valence-electron chi connectivity index (χ4n) is 1.23. The number of benzene rings is 1. The molecule has 0 unspecified atom stereocenters. The van der Waals surface area contributed by atoms with E-state index in [2.05, 4.69) is 25.9 Å². The molecule has 0 fully saturated rings. The van der Waals surface area contributed by atoms with Gasteiger partial charge in [-0.15, -0.1) is 0 Å². The highest BCUT2D eigenvalue weighted by molar-refractivity contribution is 9.10. The molecule has 0 aliphatic heterocycles. The number of aromatic nitrogens is 2. The first-order chi connectivity index (χ1) is 6.66. The smallest absolute Gasteiger partial charge is 0.140 e. The Morgan fingerprint density at radius 1 is 1.43 bits per heavy atom. The highest BCUT2D eigenvalue weighted by Gasteiger charge is 2.07. The number of hydrogen-bond donors (Lipinski definition) is 1. The summed E-state index contributed by atoms with van der Waals surface area (Å²) in [5, 5.41) is 0. The van der Waals surface area contributed by atoms with Gasteiger partial charge in [0.05, 0.1) is 5.56 Å². The lowest BCUT2D eigenvalue weighted by Gasteiger charge is -1.99. The molecule has 1 N–H and O–H groups in total. The van der Waals surface area contributed by atoms with Crippen molar-refractivity contribution in [1.82, 2.24) is 9.97 Å². The van der Waals surface area contributed by atoms with Gasteiger partial charge in [-0.2, -0.15) is 0 Å². The first-order valence-electron chi connectivity index (χ1n) is 4.14. The van der Waals surface area contributed by atoms with Crippen LogP contribution in [0.2, 0.25) is 0 Å². The van der Waals surface area contributed by atoms with Gasteiger partial charge in [-0.1, -0.05) is 15.9 Å². The van der Waals surface area contributed by atoms with E-state index in [4.69, 9.17) is 0 Å². The zero-order chi connectivity index (χ0) is 10.1. The Kier molecular flexibility index (Phi) is 2.37. The molecule has 1 aromatic carbocycles. The van der Waals surface area contributed by atoms with Crippen molar-refractivity contribution in [2.24, 2.45) is 0 Å². The van der Waals surface area contributed by atoms with E-state index in [1.54, 1.807) is 18.3 Å². The molecular formula is C10H8BrFN2. The Balaban J connectivity index is 2.55. The molecule has 1 aromatic heterocycles. The summed E-state index contributed by atoms with van der Waals surface area (Å²) in [6.07, 6.45) is 1.68. The predicted molar refractivity (Wildman–Crippen MR) is 56.4 cm³/mol. The van der Waals surface area contributed by atoms with Gasteiger partial charge in [-0.05, 0) is 25.1 Å². The molecule has 0 radical (unpaired) electrons. The molecule has 2 aromatic rings. The third-order valence-electron chi connectivity index (χ3n) is 1.89. The highest BCUT2D eigenvalue weighted by atomic mass is 79.9. The summed E-state index contributed by atoms with van der Waals surface area (Å²) in [6, 6.07) is 4.78. The zero-order valence-electron chi connectivity index (χ0n) is 7.51. The molecule has 0 saturated carbocycles. The molecular weight excluding hydrogens is 247 g/mol. The van der Waals surface area contributed by atoms with Gasteiger partial charge in [0.15, 0.2) is 0 Å². The Morgan fingerprint density at radius 3 is 2.86 bits per heavy atom. The molecule has 2 rings (SSSR count). The summed E-state index contributed by atoms with van der Waals surface area (Å²) in [5.41, 5.74) is 1.40. The van der Waals surface area contributed by atoms with E-state index in [-0.39, 0.29) is 5.82 Å². The third kappa shape index (κ3) is 1.70. The fraction of sp³-hybridized carbons (Fsp3) is 0.100. The van der Waals surface area contributed by atoms with Crippen molar-refractivity contribution < 1.29 is 4.39 Å². The molecule has 14 heavy (non-hydrogen) atoms. The maximum Gasteiger partial charge on any atom is 0.140 e. The molecule has 1 heterocycles. The molecule has 0 amide bonds. The summed E-state index contributed by atoms with van der Waals surface area (Å²) < 4.78 is 14.2. The van der Waals surface area contributed by atoms with Crippen LogP contribution in [0.15, 0.2) is 28.9 Å².